The summed E-state index contributed by atoms with van der Waals surface area (Å²) < 4.78 is 0. The molecule has 0 rings (SSSR count). The van der Waals surface area contributed by atoms with Crippen LogP contribution in [0.15, 0.2) is 11.6 Å². The van der Waals surface area contributed by atoms with Crippen LogP contribution in [0.3, 0.4) is 0 Å². The van der Waals surface area contributed by atoms with E-state index < -0.39 is 5.97 Å². The van der Waals surface area contributed by atoms with Crippen molar-refractivity contribution in [2.45, 2.75) is 19.9 Å². The quantitative estimate of drug-likeness (QED) is 0.511. The zero-order chi connectivity index (χ0) is 9.56. The zero-order valence-electron chi connectivity index (χ0n) is 7.37. The molecule has 70 valence electrons. The number of rotatable bonds is 5. The average Bonchev–Trinajstić information content (AvgIpc) is 2.03. The van der Waals surface area contributed by atoms with Crippen molar-refractivity contribution in [1.29, 1.82) is 0 Å². The van der Waals surface area contributed by atoms with Gasteiger partial charge < -0.3 is 15.5 Å². The fourth-order valence-electron chi connectivity index (χ4n) is 0.565. The van der Waals surface area contributed by atoms with E-state index in [2.05, 4.69) is 5.32 Å². The number of aliphatic hydroxyl groups is 1. The summed E-state index contributed by atoms with van der Waals surface area (Å²) in [7, 11) is 0. The molecule has 0 bridgehead atoms. The topological polar surface area (TPSA) is 69.6 Å². The number of nitrogens with one attached hydrogen (secondary N) is 1. The second-order valence-corrected chi connectivity index (χ2v) is 2.68. The molecule has 0 aliphatic heterocycles. The number of hydrogen-bond acceptors (Lipinski definition) is 3. The first-order valence-electron chi connectivity index (χ1n) is 3.82. The van der Waals surface area contributed by atoms with Gasteiger partial charge >= 0.3 is 5.97 Å². The molecule has 0 aliphatic rings. The van der Waals surface area contributed by atoms with Crippen molar-refractivity contribution in [1.82, 2.24) is 5.32 Å². The Bertz CT molecular complexity index is 177. The third kappa shape index (κ3) is 4.87. The highest BCUT2D eigenvalue weighted by molar-refractivity contribution is 5.85. The maximum Gasteiger partial charge on any atom is 0.330 e. The van der Waals surface area contributed by atoms with E-state index in [0.717, 1.165) is 0 Å². The Hall–Kier alpha value is -0.870. The Balaban J connectivity index is 3.67. The molecule has 1 atom stereocenters. The molecule has 0 radical (unpaired) electrons. The Morgan fingerprint density at radius 1 is 1.67 bits per heavy atom. The van der Waals surface area contributed by atoms with Gasteiger partial charge in [0.15, 0.2) is 0 Å². The SMILES string of the molecule is C/C(=C/CNC(C)CO)C(=O)O. The highest BCUT2D eigenvalue weighted by Crippen LogP contribution is 1.90. The summed E-state index contributed by atoms with van der Waals surface area (Å²) in [4.78, 5) is 10.3. The van der Waals surface area contributed by atoms with E-state index in [1.807, 2.05) is 6.92 Å². The summed E-state index contributed by atoms with van der Waals surface area (Å²) in [5.74, 6) is -0.909. The van der Waals surface area contributed by atoms with Crippen LogP contribution in [0, 0.1) is 0 Å². The standard InChI is InChI=1S/C8H15NO3/c1-6(8(11)12)3-4-9-7(2)5-10/h3,7,9-10H,4-5H2,1-2H3,(H,11,12)/b6-3-. The van der Waals surface area contributed by atoms with Crippen molar-refractivity contribution in [2.75, 3.05) is 13.2 Å². The van der Waals surface area contributed by atoms with Crippen molar-refractivity contribution in [3.05, 3.63) is 11.6 Å². The molecule has 0 amide bonds. The van der Waals surface area contributed by atoms with Gasteiger partial charge in [0.05, 0.1) is 6.61 Å². The lowest BCUT2D eigenvalue weighted by atomic mass is 10.3. The van der Waals surface area contributed by atoms with Gasteiger partial charge in [0, 0.05) is 18.2 Å². The fourth-order valence-corrected chi connectivity index (χ4v) is 0.565. The molecule has 0 aromatic carbocycles. The first kappa shape index (κ1) is 11.1. The first-order valence-corrected chi connectivity index (χ1v) is 3.82. The first-order chi connectivity index (χ1) is 5.57. The van der Waals surface area contributed by atoms with Gasteiger partial charge in [0.1, 0.15) is 0 Å². The number of carbonyl (C=O) groups is 1. The normalized spacial score (nSPS) is 14.4. The molecule has 0 spiro atoms. The molecule has 0 saturated carbocycles. The van der Waals surface area contributed by atoms with Crippen LogP contribution < -0.4 is 5.32 Å². The second-order valence-electron chi connectivity index (χ2n) is 2.68. The summed E-state index contributed by atoms with van der Waals surface area (Å²) >= 11 is 0. The summed E-state index contributed by atoms with van der Waals surface area (Å²) in [6.45, 7) is 3.89. The van der Waals surface area contributed by atoms with Gasteiger partial charge in [0.2, 0.25) is 0 Å². The molecule has 0 aromatic rings. The molecule has 1 unspecified atom stereocenters. The van der Waals surface area contributed by atoms with Crippen LogP contribution in [0.2, 0.25) is 0 Å². The van der Waals surface area contributed by atoms with Gasteiger partial charge in [-0.05, 0) is 13.8 Å². The van der Waals surface area contributed by atoms with Gasteiger partial charge in [-0.25, -0.2) is 4.79 Å². The monoisotopic (exact) mass is 173 g/mol. The second kappa shape index (κ2) is 5.74. The van der Waals surface area contributed by atoms with Crippen molar-refractivity contribution >= 4 is 5.97 Å². The highest BCUT2D eigenvalue weighted by Gasteiger charge is 1.99. The molecule has 0 aromatic heterocycles. The van der Waals surface area contributed by atoms with E-state index in [-0.39, 0.29) is 12.6 Å². The molecule has 12 heavy (non-hydrogen) atoms. The van der Waals surface area contributed by atoms with Crippen LogP contribution in [-0.4, -0.2) is 35.4 Å². The zero-order valence-corrected chi connectivity index (χ0v) is 7.37. The molecule has 4 nitrogen and oxygen atoms in total. The third-order valence-electron chi connectivity index (χ3n) is 1.49. The van der Waals surface area contributed by atoms with Crippen molar-refractivity contribution in [2.24, 2.45) is 0 Å². The summed E-state index contributed by atoms with van der Waals surface area (Å²) in [5.41, 5.74) is 0.313. The van der Waals surface area contributed by atoms with Crippen molar-refractivity contribution < 1.29 is 15.0 Å². The van der Waals surface area contributed by atoms with E-state index in [4.69, 9.17) is 10.2 Å². The molecule has 4 heteroatoms. The van der Waals surface area contributed by atoms with E-state index in [0.29, 0.717) is 12.1 Å². The van der Waals surface area contributed by atoms with Crippen LogP contribution in [0.5, 0.6) is 0 Å². The number of aliphatic hydroxyl groups excluding tert-OH is 1. The van der Waals surface area contributed by atoms with Gasteiger partial charge in [-0.2, -0.15) is 0 Å². The molecule has 0 fully saturated rings. The minimum Gasteiger partial charge on any atom is -0.478 e. The summed E-state index contributed by atoms with van der Waals surface area (Å²) in [6, 6.07) is 0.00263. The van der Waals surface area contributed by atoms with Crippen LogP contribution in [-0.2, 0) is 4.79 Å². The summed E-state index contributed by atoms with van der Waals surface area (Å²) in [6.07, 6.45) is 1.58. The molecular formula is C8H15NO3. The predicted molar refractivity (Wildman–Crippen MR) is 45.9 cm³/mol. The minimum atomic E-state index is -0.909. The lowest BCUT2D eigenvalue weighted by Crippen LogP contribution is -2.29. The molecular weight excluding hydrogens is 158 g/mol. The van der Waals surface area contributed by atoms with E-state index >= 15 is 0 Å². The van der Waals surface area contributed by atoms with Crippen molar-refractivity contribution in [3.8, 4) is 0 Å². The number of carboxylic acid groups (broad SMARTS) is 1. The van der Waals surface area contributed by atoms with E-state index in [1.54, 1.807) is 6.08 Å². The van der Waals surface area contributed by atoms with Gasteiger partial charge in [-0.15, -0.1) is 0 Å². The highest BCUT2D eigenvalue weighted by atomic mass is 16.4. The molecule has 3 N–H and O–H groups in total. The Morgan fingerprint density at radius 2 is 2.25 bits per heavy atom. The molecule has 0 aliphatic carbocycles. The average molecular weight is 173 g/mol. The Morgan fingerprint density at radius 3 is 2.67 bits per heavy atom. The maximum absolute atomic E-state index is 10.3. The van der Waals surface area contributed by atoms with E-state index in [9.17, 15) is 4.79 Å². The third-order valence-corrected chi connectivity index (χ3v) is 1.49. The number of aliphatic carboxylic acids is 1. The largest absolute Gasteiger partial charge is 0.478 e. The van der Waals surface area contributed by atoms with Crippen LogP contribution in [0.4, 0.5) is 0 Å². The fraction of sp³-hybridized carbons (Fsp3) is 0.625. The summed E-state index contributed by atoms with van der Waals surface area (Å²) in [5, 5.41) is 20.0. The lowest BCUT2D eigenvalue weighted by Gasteiger charge is -2.07. The Kier molecular flexibility index (Phi) is 5.32. The van der Waals surface area contributed by atoms with Gasteiger partial charge in [-0.3, -0.25) is 0 Å². The van der Waals surface area contributed by atoms with Gasteiger partial charge in [-0.1, -0.05) is 6.08 Å². The van der Waals surface area contributed by atoms with Crippen LogP contribution in [0.25, 0.3) is 0 Å². The Labute approximate surface area is 71.9 Å². The smallest absolute Gasteiger partial charge is 0.330 e. The van der Waals surface area contributed by atoms with E-state index in [1.165, 1.54) is 6.92 Å². The molecule has 0 heterocycles. The maximum atomic E-state index is 10.3. The predicted octanol–water partition coefficient (Wildman–Crippen LogP) is -0.0123. The molecule has 0 saturated heterocycles. The van der Waals surface area contributed by atoms with Crippen LogP contribution in [0.1, 0.15) is 13.8 Å². The van der Waals surface area contributed by atoms with Crippen molar-refractivity contribution in [3.63, 3.8) is 0 Å². The van der Waals surface area contributed by atoms with Gasteiger partial charge in [0.25, 0.3) is 0 Å². The number of hydrogen-bond donors (Lipinski definition) is 3. The van der Waals surface area contributed by atoms with Crippen LogP contribution >= 0.6 is 0 Å². The lowest BCUT2D eigenvalue weighted by molar-refractivity contribution is -0.132. The number of carboxylic acids is 1. The minimum absolute atomic E-state index is 0.00263.